The van der Waals surface area contributed by atoms with E-state index < -0.39 is 0 Å². The van der Waals surface area contributed by atoms with Crippen LogP contribution in [-0.2, 0) is 24.3 Å². The molecular weight excluding hydrogens is 378 g/mol. The monoisotopic (exact) mass is 411 g/mol. The molecule has 1 heterocycles. The van der Waals surface area contributed by atoms with Crippen LogP contribution < -0.4 is 16.0 Å². The lowest BCUT2D eigenvalue weighted by Gasteiger charge is -2.10. The van der Waals surface area contributed by atoms with E-state index in [2.05, 4.69) is 41.8 Å². The zero-order valence-corrected chi connectivity index (χ0v) is 18.4. The molecule has 1 fully saturated rings. The van der Waals surface area contributed by atoms with E-state index in [-0.39, 0.29) is 11.9 Å². The molecular formula is C23H33N5O2. The summed E-state index contributed by atoms with van der Waals surface area (Å²) in [5.41, 5.74) is 4.99. The third-order valence-corrected chi connectivity index (χ3v) is 5.26. The average Bonchev–Trinajstić information content (AvgIpc) is 3.45. The molecule has 0 saturated heterocycles. The van der Waals surface area contributed by atoms with Gasteiger partial charge in [0.2, 0.25) is 5.91 Å². The van der Waals surface area contributed by atoms with E-state index in [1.165, 1.54) is 5.56 Å². The highest BCUT2D eigenvalue weighted by molar-refractivity contribution is 5.89. The Labute approximate surface area is 178 Å². The molecule has 162 valence electrons. The van der Waals surface area contributed by atoms with E-state index in [1.807, 2.05) is 35.9 Å². The van der Waals surface area contributed by atoms with Crippen LogP contribution in [0.1, 0.15) is 55.6 Å². The van der Waals surface area contributed by atoms with Crippen LogP contribution >= 0.6 is 0 Å². The lowest BCUT2D eigenvalue weighted by molar-refractivity contribution is -0.121. The maximum Gasteiger partial charge on any atom is 0.319 e. The van der Waals surface area contributed by atoms with Crippen molar-refractivity contribution in [2.75, 3.05) is 5.32 Å². The van der Waals surface area contributed by atoms with Crippen molar-refractivity contribution in [3.05, 3.63) is 46.8 Å². The van der Waals surface area contributed by atoms with Gasteiger partial charge in [0.15, 0.2) is 0 Å². The van der Waals surface area contributed by atoms with Crippen molar-refractivity contribution < 1.29 is 9.59 Å². The number of hydrogen-bond acceptors (Lipinski definition) is 3. The summed E-state index contributed by atoms with van der Waals surface area (Å²) in [6.45, 7) is 9.76. The Bertz CT molecular complexity index is 899. The smallest absolute Gasteiger partial charge is 0.319 e. The van der Waals surface area contributed by atoms with Crippen LogP contribution in [0.4, 0.5) is 10.5 Å². The molecule has 1 aromatic carbocycles. The second-order valence-corrected chi connectivity index (χ2v) is 8.58. The van der Waals surface area contributed by atoms with Crippen LogP contribution in [0.25, 0.3) is 0 Å². The number of carbonyl (C=O) groups excluding carboxylic acids is 2. The molecule has 0 bridgehead atoms. The predicted molar refractivity (Wildman–Crippen MR) is 118 cm³/mol. The summed E-state index contributed by atoms with van der Waals surface area (Å²) in [5.74, 6) is 0.541. The number of benzene rings is 1. The molecule has 2 aromatic rings. The number of nitrogens with zero attached hydrogens (tertiary/aromatic N) is 2. The molecule has 7 nitrogen and oxygen atoms in total. The van der Waals surface area contributed by atoms with Crippen LogP contribution in [0.15, 0.2) is 24.3 Å². The third kappa shape index (κ3) is 6.34. The van der Waals surface area contributed by atoms with E-state index in [0.29, 0.717) is 31.3 Å². The number of aromatic nitrogens is 2. The maximum atomic E-state index is 12.4. The fraction of sp³-hybridized carbons (Fsp3) is 0.522. The highest BCUT2D eigenvalue weighted by atomic mass is 16.2. The Kier molecular flexibility index (Phi) is 7.13. The molecule has 1 aromatic heterocycles. The van der Waals surface area contributed by atoms with Crippen LogP contribution in [0, 0.1) is 19.8 Å². The maximum absolute atomic E-state index is 12.4. The molecule has 0 unspecified atom stereocenters. The Morgan fingerprint density at radius 1 is 1.23 bits per heavy atom. The topological polar surface area (TPSA) is 88.1 Å². The molecule has 0 aliphatic heterocycles. The molecule has 3 amide bonds. The highest BCUT2D eigenvalue weighted by Crippen LogP contribution is 2.19. The quantitative estimate of drug-likeness (QED) is 0.588. The van der Waals surface area contributed by atoms with Gasteiger partial charge in [0.25, 0.3) is 0 Å². The lowest BCUT2D eigenvalue weighted by Crippen LogP contribution is -2.30. The van der Waals surface area contributed by atoms with Crippen molar-refractivity contribution in [3.63, 3.8) is 0 Å². The summed E-state index contributed by atoms with van der Waals surface area (Å²) >= 11 is 0. The first kappa shape index (κ1) is 21.9. The lowest BCUT2D eigenvalue weighted by atomic mass is 10.1. The fourth-order valence-electron chi connectivity index (χ4n) is 3.49. The van der Waals surface area contributed by atoms with Gasteiger partial charge in [-0.1, -0.05) is 26.0 Å². The normalized spacial score (nSPS) is 13.4. The first-order chi connectivity index (χ1) is 14.3. The summed E-state index contributed by atoms with van der Waals surface area (Å²) in [7, 11) is 0. The minimum absolute atomic E-state index is 0.00949. The second kappa shape index (κ2) is 9.78. The molecule has 0 radical (unpaired) electrons. The molecule has 7 heteroatoms. The molecule has 1 aliphatic carbocycles. The van der Waals surface area contributed by atoms with E-state index in [1.54, 1.807) is 0 Å². The Morgan fingerprint density at radius 3 is 2.70 bits per heavy atom. The van der Waals surface area contributed by atoms with Gasteiger partial charge in [-0.25, -0.2) is 4.79 Å². The van der Waals surface area contributed by atoms with Gasteiger partial charge in [0, 0.05) is 36.9 Å². The number of carbonyl (C=O) groups is 2. The second-order valence-electron chi connectivity index (χ2n) is 8.58. The number of urea groups is 1. The van der Waals surface area contributed by atoms with E-state index in [9.17, 15) is 9.59 Å². The van der Waals surface area contributed by atoms with E-state index in [0.717, 1.165) is 42.0 Å². The molecule has 3 rings (SSSR count). The van der Waals surface area contributed by atoms with Crippen molar-refractivity contribution >= 4 is 17.6 Å². The van der Waals surface area contributed by atoms with Crippen molar-refractivity contribution in [1.82, 2.24) is 20.4 Å². The molecule has 3 N–H and O–H groups in total. The molecule has 1 saturated carbocycles. The standard InChI is InChI=1S/C23H33N5O2/c1-15(2)14-28-17(4)21(16(3)27-28)10-11-22(29)24-13-18-6-5-7-20(12-18)26-23(30)25-19-8-9-19/h5-7,12,15,19H,8-11,13-14H2,1-4H3,(H,24,29)(H2,25,26,30). The van der Waals surface area contributed by atoms with Crippen molar-refractivity contribution in [3.8, 4) is 0 Å². The van der Waals surface area contributed by atoms with Crippen LogP contribution in [0.5, 0.6) is 0 Å². The number of anilines is 1. The Balaban J connectivity index is 1.47. The zero-order chi connectivity index (χ0) is 21.7. The summed E-state index contributed by atoms with van der Waals surface area (Å²) in [6, 6.07) is 7.69. The molecule has 0 spiro atoms. The number of aryl methyl sites for hydroxylation is 1. The van der Waals surface area contributed by atoms with Crippen LogP contribution in [0.2, 0.25) is 0 Å². The summed E-state index contributed by atoms with van der Waals surface area (Å²) in [6.07, 6.45) is 3.22. The predicted octanol–water partition coefficient (Wildman–Crippen LogP) is 3.69. The molecule has 1 aliphatic rings. The van der Waals surface area contributed by atoms with E-state index in [4.69, 9.17) is 0 Å². The molecule has 30 heavy (non-hydrogen) atoms. The van der Waals surface area contributed by atoms with Crippen molar-refractivity contribution in [2.45, 2.75) is 72.5 Å². The minimum atomic E-state index is -0.178. The number of nitrogens with one attached hydrogen (secondary N) is 3. The summed E-state index contributed by atoms with van der Waals surface area (Å²) in [4.78, 5) is 24.2. The van der Waals surface area contributed by atoms with Gasteiger partial charge < -0.3 is 16.0 Å². The van der Waals surface area contributed by atoms with Gasteiger partial charge in [0.05, 0.1) is 5.69 Å². The SMILES string of the molecule is Cc1nn(CC(C)C)c(C)c1CCC(=O)NCc1cccc(NC(=O)NC2CC2)c1. The number of rotatable bonds is 9. The van der Waals surface area contributed by atoms with Crippen molar-refractivity contribution in [1.29, 1.82) is 0 Å². The minimum Gasteiger partial charge on any atom is -0.352 e. The number of amides is 3. The van der Waals surface area contributed by atoms with Gasteiger partial charge in [-0.15, -0.1) is 0 Å². The third-order valence-electron chi connectivity index (χ3n) is 5.26. The van der Waals surface area contributed by atoms with E-state index >= 15 is 0 Å². The largest absolute Gasteiger partial charge is 0.352 e. The Morgan fingerprint density at radius 2 is 2.00 bits per heavy atom. The zero-order valence-electron chi connectivity index (χ0n) is 18.4. The first-order valence-corrected chi connectivity index (χ1v) is 10.8. The molecule has 0 atom stereocenters. The Hall–Kier alpha value is -2.83. The number of hydrogen-bond donors (Lipinski definition) is 3. The van der Waals surface area contributed by atoms with Gasteiger partial charge in [-0.2, -0.15) is 5.10 Å². The summed E-state index contributed by atoms with van der Waals surface area (Å²) in [5, 5.41) is 13.3. The van der Waals surface area contributed by atoms with Crippen LogP contribution in [0.3, 0.4) is 0 Å². The van der Waals surface area contributed by atoms with Gasteiger partial charge >= 0.3 is 6.03 Å². The highest BCUT2D eigenvalue weighted by Gasteiger charge is 2.23. The van der Waals surface area contributed by atoms with Gasteiger partial charge in [0.1, 0.15) is 0 Å². The fourth-order valence-corrected chi connectivity index (χ4v) is 3.49. The summed E-state index contributed by atoms with van der Waals surface area (Å²) < 4.78 is 2.05. The van der Waals surface area contributed by atoms with Gasteiger partial charge in [-0.05, 0) is 62.3 Å². The first-order valence-electron chi connectivity index (χ1n) is 10.8. The van der Waals surface area contributed by atoms with Crippen molar-refractivity contribution in [2.24, 2.45) is 5.92 Å². The average molecular weight is 412 g/mol. The van der Waals surface area contributed by atoms with Gasteiger partial charge in [-0.3, -0.25) is 9.48 Å². The van der Waals surface area contributed by atoms with Crippen LogP contribution in [-0.4, -0.2) is 27.8 Å².